The molecule has 0 aliphatic rings. The fourth-order valence-electron chi connectivity index (χ4n) is 1.25. The average Bonchev–Trinajstić information content (AvgIpc) is 2.27. The van der Waals surface area contributed by atoms with E-state index in [2.05, 4.69) is 21.8 Å². The van der Waals surface area contributed by atoms with Crippen LogP contribution in [0.4, 0.5) is 0 Å². The van der Waals surface area contributed by atoms with Gasteiger partial charge in [0.25, 0.3) is 5.56 Å². The first-order valence-corrected chi connectivity index (χ1v) is 4.19. The minimum absolute atomic E-state index is 0.208. The lowest BCUT2D eigenvalue weighted by molar-refractivity contribution is 1.17. The van der Waals surface area contributed by atoms with Crippen LogP contribution in [-0.4, -0.2) is 9.97 Å². The highest BCUT2D eigenvalue weighted by Gasteiger charge is 1.98. The Labute approximate surface area is 85.2 Å². The molecule has 0 bridgehead atoms. The summed E-state index contributed by atoms with van der Waals surface area (Å²) in [5.74, 6) is 4.89. The van der Waals surface area contributed by atoms with Crippen molar-refractivity contribution in [2.45, 2.75) is 0 Å². The van der Waals surface area contributed by atoms with Gasteiger partial charge in [-0.05, 0) is 18.2 Å². The number of hydrogen-bond acceptors (Lipinski definition) is 3. The van der Waals surface area contributed by atoms with Gasteiger partial charge in [0, 0.05) is 11.5 Å². The third-order valence-electron chi connectivity index (χ3n) is 1.90. The molecule has 1 aromatic carbocycles. The highest BCUT2D eigenvalue weighted by molar-refractivity contribution is 5.78. The van der Waals surface area contributed by atoms with E-state index in [-0.39, 0.29) is 5.56 Å². The van der Waals surface area contributed by atoms with Crippen LogP contribution in [0.25, 0.3) is 10.9 Å². The third kappa shape index (κ3) is 1.70. The lowest BCUT2D eigenvalue weighted by Gasteiger charge is -1.95. The molecule has 0 amide bonds. The van der Waals surface area contributed by atoms with Gasteiger partial charge in [0.05, 0.1) is 17.2 Å². The van der Waals surface area contributed by atoms with E-state index in [1.807, 2.05) is 0 Å². The second-order valence-electron chi connectivity index (χ2n) is 2.83. The monoisotopic (exact) mass is 195 g/mol. The molecule has 4 nitrogen and oxygen atoms in total. The van der Waals surface area contributed by atoms with E-state index in [9.17, 15) is 4.79 Å². The summed E-state index contributed by atoms with van der Waals surface area (Å²) in [6.45, 7) is 0. The Balaban J connectivity index is 2.71. The molecule has 70 valence electrons. The predicted octanol–water partition coefficient (Wildman–Crippen LogP) is 0.798. The van der Waals surface area contributed by atoms with E-state index in [1.54, 1.807) is 24.3 Å². The molecule has 1 N–H and O–H groups in total. The Hall–Kier alpha value is -2.59. The first-order valence-electron chi connectivity index (χ1n) is 4.19. The molecule has 0 aliphatic carbocycles. The molecule has 1 aromatic heterocycles. The van der Waals surface area contributed by atoms with Crippen LogP contribution in [0.2, 0.25) is 0 Å². The number of H-pyrrole nitrogens is 1. The number of aromatic nitrogens is 2. The van der Waals surface area contributed by atoms with Gasteiger partial charge in [-0.2, -0.15) is 5.26 Å². The zero-order chi connectivity index (χ0) is 10.7. The second-order valence-corrected chi connectivity index (χ2v) is 2.83. The zero-order valence-electron chi connectivity index (χ0n) is 7.61. The fraction of sp³-hybridized carbons (Fsp3) is 0. The Morgan fingerprint density at radius 1 is 1.40 bits per heavy atom. The molecule has 0 saturated heterocycles. The summed E-state index contributed by atoms with van der Waals surface area (Å²) in [5.41, 5.74) is 1.03. The lowest BCUT2D eigenvalue weighted by atomic mass is 10.1. The van der Waals surface area contributed by atoms with E-state index < -0.39 is 0 Å². The van der Waals surface area contributed by atoms with Crippen molar-refractivity contribution in [1.82, 2.24) is 9.97 Å². The van der Waals surface area contributed by atoms with Crippen LogP contribution < -0.4 is 5.56 Å². The van der Waals surface area contributed by atoms with Crippen LogP contribution in [-0.2, 0) is 0 Å². The molecule has 0 atom stereocenters. The Morgan fingerprint density at radius 3 is 3.07 bits per heavy atom. The number of rotatable bonds is 0. The van der Waals surface area contributed by atoms with Gasteiger partial charge in [-0.3, -0.25) is 4.79 Å². The smallest absolute Gasteiger partial charge is 0.258 e. The minimum Gasteiger partial charge on any atom is -0.313 e. The van der Waals surface area contributed by atoms with Gasteiger partial charge in [0.15, 0.2) is 6.07 Å². The van der Waals surface area contributed by atoms with Crippen molar-refractivity contribution < 1.29 is 0 Å². The maximum absolute atomic E-state index is 11.4. The minimum atomic E-state index is -0.208. The molecule has 0 spiro atoms. The van der Waals surface area contributed by atoms with Crippen molar-refractivity contribution in [2.24, 2.45) is 0 Å². The third-order valence-corrected chi connectivity index (χ3v) is 1.90. The number of aromatic amines is 1. The Bertz CT molecular complexity index is 668. The lowest BCUT2D eigenvalue weighted by Crippen LogP contribution is -2.06. The molecular weight excluding hydrogens is 190 g/mol. The summed E-state index contributed by atoms with van der Waals surface area (Å²) in [4.78, 5) is 17.9. The van der Waals surface area contributed by atoms with Crippen LogP contribution in [0.3, 0.4) is 0 Å². The predicted molar refractivity (Wildman–Crippen MR) is 54.9 cm³/mol. The highest BCUT2D eigenvalue weighted by Crippen LogP contribution is 2.07. The van der Waals surface area contributed by atoms with Crippen LogP contribution in [0.5, 0.6) is 0 Å². The molecule has 0 unspecified atom stereocenters. The van der Waals surface area contributed by atoms with Crippen LogP contribution in [0.15, 0.2) is 29.3 Å². The summed E-state index contributed by atoms with van der Waals surface area (Å²) in [7, 11) is 0. The van der Waals surface area contributed by atoms with Crippen molar-refractivity contribution in [3.05, 3.63) is 40.4 Å². The van der Waals surface area contributed by atoms with Crippen LogP contribution >= 0.6 is 0 Å². The van der Waals surface area contributed by atoms with Crippen molar-refractivity contribution in [3.63, 3.8) is 0 Å². The van der Waals surface area contributed by atoms with Crippen LogP contribution in [0.1, 0.15) is 5.56 Å². The second kappa shape index (κ2) is 3.65. The van der Waals surface area contributed by atoms with Gasteiger partial charge in [-0.1, -0.05) is 5.92 Å². The Kier molecular flexibility index (Phi) is 2.19. The molecule has 4 heteroatoms. The molecule has 0 radical (unpaired) electrons. The molecule has 2 rings (SSSR count). The fourth-order valence-corrected chi connectivity index (χ4v) is 1.25. The van der Waals surface area contributed by atoms with E-state index in [4.69, 9.17) is 5.26 Å². The van der Waals surface area contributed by atoms with E-state index in [0.29, 0.717) is 16.5 Å². The number of nitriles is 1. The summed E-state index contributed by atoms with van der Waals surface area (Å²) in [5, 5.41) is 8.77. The number of nitrogens with zero attached hydrogens (tertiary/aromatic N) is 2. The standard InChI is InChI=1S/C11H5N3O/c12-5-1-2-8-3-4-10-9(6-8)11(15)14-7-13-10/h3-4,6-7H,(H,13,14,15). The average molecular weight is 195 g/mol. The van der Waals surface area contributed by atoms with Crippen molar-refractivity contribution in [2.75, 3.05) is 0 Å². The number of hydrogen-bond donors (Lipinski definition) is 1. The summed E-state index contributed by atoms with van der Waals surface area (Å²) >= 11 is 0. The summed E-state index contributed by atoms with van der Waals surface area (Å²) < 4.78 is 0. The van der Waals surface area contributed by atoms with Crippen molar-refractivity contribution >= 4 is 10.9 Å². The van der Waals surface area contributed by atoms with Gasteiger partial charge in [0.1, 0.15) is 0 Å². The molecule has 0 fully saturated rings. The number of fused-ring (bicyclic) bond motifs is 1. The first kappa shape index (κ1) is 8.98. The maximum atomic E-state index is 11.4. The number of nitrogens with one attached hydrogen (secondary N) is 1. The SMILES string of the molecule is N#CC#Cc1ccc2nc[nH]c(=O)c2c1. The highest BCUT2D eigenvalue weighted by atomic mass is 16.1. The first-order chi connectivity index (χ1) is 7.31. The van der Waals surface area contributed by atoms with Gasteiger partial charge in [0.2, 0.25) is 0 Å². The normalized spacial score (nSPS) is 9.00. The molecular formula is C11H5N3O. The molecule has 0 aliphatic heterocycles. The van der Waals surface area contributed by atoms with E-state index in [0.717, 1.165) is 0 Å². The van der Waals surface area contributed by atoms with Gasteiger partial charge in [-0.25, -0.2) is 4.98 Å². The number of benzene rings is 1. The quantitative estimate of drug-likeness (QED) is 0.632. The Morgan fingerprint density at radius 2 is 2.27 bits per heavy atom. The maximum Gasteiger partial charge on any atom is 0.258 e. The largest absolute Gasteiger partial charge is 0.313 e. The summed E-state index contributed by atoms with van der Waals surface area (Å²) in [6.07, 6.45) is 1.35. The zero-order valence-corrected chi connectivity index (χ0v) is 7.61. The van der Waals surface area contributed by atoms with Gasteiger partial charge < -0.3 is 4.98 Å². The van der Waals surface area contributed by atoms with Crippen molar-refractivity contribution in [3.8, 4) is 17.9 Å². The van der Waals surface area contributed by atoms with E-state index >= 15 is 0 Å². The van der Waals surface area contributed by atoms with Gasteiger partial charge in [-0.15, -0.1) is 0 Å². The summed E-state index contributed by atoms with van der Waals surface area (Å²) in [6, 6.07) is 6.75. The topological polar surface area (TPSA) is 69.5 Å². The van der Waals surface area contributed by atoms with Crippen molar-refractivity contribution in [1.29, 1.82) is 5.26 Å². The molecule has 15 heavy (non-hydrogen) atoms. The van der Waals surface area contributed by atoms with E-state index in [1.165, 1.54) is 6.33 Å². The molecule has 2 aromatic rings. The molecule has 0 saturated carbocycles. The van der Waals surface area contributed by atoms with Crippen LogP contribution in [0, 0.1) is 23.2 Å². The van der Waals surface area contributed by atoms with Gasteiger partial charge >= 0.3 is 0 Å². The molecule has 1 heterocycles.